The molecular weight excluding hydrogens is 406 g/mol. The van der Waals surface area contributed by atoms with Crippen molar-refractivity contribution in [3.8, 4) is 5.75 Å². The van der Waals surface area contributed by atoms with Gasteiger partial charge < -0.3 is 19.2 Å². The van der Waals surface area contributed by atoms with Crippen molar-refractivity contribution in [2.24, 2.45) is 0 Å². The SMILES string of the molecule is CC(C)Oc1ccc(C2c3c(oc4ccc(Cl)cc4c3=O)C(=O)N2CCCO)cc1. The number of aliphatic hydroxyl groups is 1. The maximum absolute atomic E-state index is 13.4. The van der Waals surface area contributed by atoms with E-state index in [1.807, 2.05) is 38.1 Å². The van der Waals surface area contributed by atoms with E-state index >= 15 is 0 Å². The van der Waals surface area contributed by atoms with Crippen LogP contribution in [0.15, 0.2) is 51.7 Å². The minimum absolute atomic E-state index is 0.0360. The number of carbonyl (C=O) groups is 1. The Bertz CT molecular complexity index is 1150. The summed E-state index contributed by atoms with van der Waals surface area (Å²) in [4.78, 5) is 28.1. The molecule has 3 aromatic rings. The normalized spacial score (nSPS) is 15.8. The van der Waals surface area contributed by atoms with E-state index in [-0.39, 0.29) is 29.8 Å². The van der Waals surface area contributed by atoms with Crippen LogP contribution in [0.25, 0.3) is 11.0 Å². The maximum Gasteiger partial charge on any atom is 0.290 e. The van der Waals surface area contributed by atoms with Gasteiger partial charge in [0.2, 0.25) is 5.76 Å². The summed E-state index contributed by atoms with van der Waals surface area (Å²) < 4.78 is 11.6. The van der Waals surface area contributed by atoms with E-state index in [9.17, 15) is 14.7 Å². The van der Waals surface area contributed by atoms with Crippen molar-refractivity contribution in [1.29, 1.82) is 0 Å². The highest BCUT2D eigenvalue weighted by Gasteiger charge is 2.42. The fraction of sp³-hybridized carbons (Fsp3) is 0.304. The Kier molecular flexibility index (Phi) is 5.54. The topological polar surface area (TPSA) is 80.0 Å². The van der Waals surface area contributed by atoms with Crippen molar-refractivity contribution in [2.45, 2.75) is 32.4 Å². The van der Waals surface area contributed by atoms with Crippen LogP contribution in [0.3, 0.4) is 0 Å². The minimum atomic E-state index is -0.605. The first-order chi connectivity index (χ1) is 14.4. The van der Waals surface area contributed by atoms with E-state index in [1.54, 1.807) is 23.1 Å². The highest BCUT2D eigenvalue weighted by Crippen LogP contribution is 2.38. The highest BCUT2D eigenvalue weighted by molar-refractivity contribution is 6.31. The van der Waals surface area contributed by atoms with Crippen molar-refractivity contribution >= 4 is 28.5 Å². The van der Waals surface area contributed by atoms with Crippen LogP contribution in [-0.2, 0) is 0 Å². The summed E-state index contributed by atoms with van der Waals surface area (Å²) in [6.45, 7) is 4.12. The molecule has 2 heterocycles. The largest absolute Gasteiger partial charge is 0.491 e. The molecule has 4 rings (SSSR count). The molecular formula is C23H22ClNO5. The summed E-state index contributed by atoms with van der Waals surface area (Å²) in [6, 6.07) is 11.5. The Hall–Kier alpha value is -2.83. The number of aliphatic hydroxyl groups excluding tert-OH is 1. The van der Waals surface area contributed by atoms with Gasteiger partial charge in [0.15, 0.2) is 5.43 Å². The number of ether oxygens (including phenoxy) is 1. The number of nitrogens with zero attached hydrogens (tertiary/aromatic N) is 1. The predicted molar refractivity (Wildman–Crippen MR) is 114 cm³/mol. The smallest absolute Gasteiger partial charge is 0.290 e. The van der Waals surface area contributed by atoms with Gasteiger partial charge in [-0.1, -0.05) is 23.7 Å². The predicted octanol–water partition coefficient (Wildman–Crippen LogP) is 4.16. The second-order valence-corrected chi connectivity index (χ2v) is 7.96. The number of fused-ring (bicyclic) bond motifs is 2. The highest BCUT2D eigenvalue weighted by atomic mass is 35.5. The molecule has 0 spiro atoms. The third kappa shape index (κ3) is 3.57. The number of amides is 1. The molecule has 1 atom stereocenters. The number of rotatable bonds is 6. The van der Waals surface area contributed by atoms with Crippen molar-refractivity contribution in [1.82, 2.24) is 4.90 Å². The van der Waals surface area contributed by atoms with Gasteiger partial charge in [-0.05, 0) is 56.2 Å². The first kappa shape index (κ1) is 20.4. The summed E-state index contributed by atoms with van der Waals surface area (Å²) in [6.07, 6.45) is 0.429. The van der Waals surface area contributed by atoms with Crippen molar-refractivity contribution in [2.75, 3.05) is 13.2 Å². The van der Waals surface area contributed by atoms with E-state index in [4.69, 9.17) is 20.8 Å². The fourth-order valence-corrected chi connectivity index (χ4v) is 3.98. The van der Waals surface area contributed by atoms with Gasteiger partial charge in [-0.3, -0.25) is 9.59 Å². The van der Waals surface area contributed by atoms with Crippen LogP contribution >= 0.6 is 11.6 Å². The third-order valence-corrected chi connectivity index (χ3v) is 5.29. The summed E-state index contributed by atoms with van der Waals surface area (Å²) >= 11 is 6.08. The molecule has 1 amide bonds. The quantitative estimate of drug-likeness (QED) is 0.638. The summed E-state index contributed by atoms with van der Waals surface area (Å²) in [7, 11) is 0. The first-order valence-electron chi connectivity index (χ1n) is 9.85. The standard InChI is InChI=1S/C23H22ClNO5/c1-13(2)29-16-7-4-14(5-8-16)20-19-21(27)17-12-15(24)6-9-18(17)30-22(19)23(28)25(20)10-3-11-26/h4-9,12-13,20,26H,3,10-11H2,1-2H3. The zero-order chi connectivity index (χ0) is 21.4. The summed E-state index contributed by atoms with van der Waals surface area (Å²) in [5, 5.41) is 10.0. The zero-order valence-corrected chi connectivity index (χ0v) is 17.5. The average molecular weight is 428 g/mol. The molecule has 1 aliphatic heterocycles. The molecule has 2 aromatic carbocycles. The minimum Gasteiger partial charge on any atom is -0.491 e. The van der Waals surface area contributed by atoms with Gasteiger partial charge in [0.1, 0.15) is 11.3 Å². The van der Waals surface area contributed by atoms with E-state index < -0.39 is 6.04 Å². The molecule has 1 N–H and O–H groups in total. The lowest BCUT2D eigenvalue weighted by Gasteiger charge is -2.25. The lowest BCUT2D eigenvalue weighted by Crippen LogP contribution is -2.31. The molecule has 0 aliphatic carbocycles. The maximum atomic E-state index is 13.4. The average Bonchev–Trinajstić information content (AvgIpc) is 2.99. The van der Waals surface area contributed by atoms with Crippen molar-refractivity contribution < 1.29 is 19.1 Å². The second kappa shape index (κ2) is 8.13. The van der Waals surface area contributed by atoms with Gasteiger partial charge >= 0.3 is 0 Å². The number of hydrogen-bond donors (Lipinski definition) is 1. The Morgan fingerprint density at radius 3 is 2.57 bits per heavy atom. The molecule has 30 heavy (non-hydrogen) atoms. The number of benzene rings is 2. The van der Waals surface area contributed by atoms with Gasteiger partial charge in [0.25, 0.3) is 5.91 Å². The van der Waals surface area contributed by atoms with Crippen LogP contribution in [-0.4, -0.2) is 35.2 Å². The zero-order valence-electron chi connectivity index (χ0n) is 16.7. The summed E-state index contributed by atoms with van der Waals surface area (Å²) in [5.74, 6) is 0.387. The molecule has 1 unspecified atom stereocenters. The number of carbonyl (C=O) groups excluding carboxylic acids is 1. The van der Waals surface area contributed by atoms with Gasteiger partial charge in [-0.2, -0.15) is 0 Å². The molecule has 0 fully saturated rings. The Morgan fingerprint density at radius 2 is 1.90 bits per heavy atom. The van der Waals surface area contributed by atoms with Gasteiger partial charge in [-0.25, -0.2) is 0 Å². The third-order valence-electron chi connectivity index (χ3n) is 5.05. The number of halogens is 1. The fourth-order valence-electron chi connectivity index (χ4n) is 3.81. The van der Waals surface area contributed by atoms with Crippen LogP contribution in [0.5, 0.6) is 5.75 Å². The molecule has 0 saturated heterocycles. The molecule has 6 nitrogen and oxygen atoms in total. The summed E-state index contributed by atoms with van der Waals surface area (Å²) in [5.41, 5.74) is 1.11. The van der Waals surface area contributed by atoms with E-state index in [0.29, 0.717) is 40.3 Å². The van der Waals surface area contributed by atoms with Gasteiger partial charge in [0, 0.05) is 18.2 Å². The van der Waals surface area contributed by atoms with Crippen LogP contribution in [0.4, 0.5) is 0 Å². The molecule has 0 bridgehead atoms. The van der Waals surface area contributed by atoms with Crippen LogP contribution in [0.1, 0.15) is 48.0 Å². The van der Waals surface area contributed by atoms with Crippen LogP contribution in [0, 0.1) is 0 Å². The Morgan fingerprint density at radius 1 is 1.17 bits per heavy atom. The first-order valence-corrected chi connectivity index (χ1v) is 10.2. The second-order valence-electron chi connectivity index (χ2n) is 7.53. The molecule has 1 aliphatic rings. The van der Waals surface area contributed by atoms with Gasteiger partial charge in [-0.15, -0.1) is 0 Å². The van der Waals surface area contributed by atoms with E-state index in [1.165, 1.54) is 0 Å². The van der Waals surface area contributed by atoms with E-state index in [2.05, 4.69) is 0 Å². The van der Waals surface area contributed by atoms with Crippen LogP contribution in [0.2, 0.25) is 5.02 Å². The molecule has 7 heteroatoms. The molecule has 0 radical (unpaired) electrons. The van der Waals surface area contributed by atoms with Crippen LogP contribution < -0.4 is 10.2 Å². The Labute approximate surface area is 178 Å². The molecule has 156 valence electrons. The molecule has 0 saturated carbocycles. The monoisotopic (exact) mass is 427 g/mol. The lowest BCUT2D eigenvalue weighted by atomic mass is 9.98. The molecule has 1 aromatic heterocycles. The van der Waals surface area contributed by atoms with E-state index in [0.717, 1.165) is 5.56 Å². The van der Waals surface area contributed by atoms with Crippen molar-refractivity contribution in [3.63, 3.8) is 0 Å². The van der Waals surface area contributed by atoms with Crippen molar-refractivity contribution in [3.05, 3.63) is 74.6 Å². The lowest BCUT2D eigenvalue weighted by molar-refractivity contribution is 0.0716. The number of hydrogen-bond acceptors (Lipinski definition) is 5. The Balaban J connectivity index is 1.87. The van der Waals surface area contributed by atoms with Gasteiger partial charge in [0.05, 0.1) is 23.1 Å².